The number of rotatable bonds is 2. The van der Waals surface area contributed by atoms with Crippen LogP contribution in [0.25, 0.3) is 5.70 Å². The van der Waals surface area contributed by atoms with E-state index < -0.39 is 0 Å². The number of dihydropyridines is 1. The van der Waals surface area contributed by atoms with E-state index in [1.165, 1.54) is 5.56 Å². The molecular formula is C21H19NO. The van der Waals surface area contributed by atoms with Crippen molar-refractivity contribution in [2.24, 2.45) is 0 Å². The van der Waals surface area contributed by atoms with Crippen molar-refractivity contribution in [2.45, 2.75) is 25.2 Å². The van der Waals surface area contributed by atoms with Crippen molar-refractivity contribution in [3.63, 3.8) is 0 Å². The summed E-state index contributed by atoms with van der Waals surface area (Å²) in [5.41, 5.74) is 5.52. The molecule has 1 aliphatic heterocycles. The van der Waals surface area contributed by atoms with Gasteiger partial charge in [0.25, 0.3) is 0 Å². The lowest BCUT2D eigenvalue weighted by molar-refractivity contribution is -0.116. The molecule has 0 aromatic heterocycles. The topological polar surface area (TPSA) is 29.1 Å². The Balaban J connectivity index is 1.83. The van der Waals surface area contributed by atoms with Crippen LogP contribution in [0.15, 0.2) is 78.0 Å². The second kappa shape index (κ2) is 5.88. The van der Waals surface area contributed by atoms with Crippen molar-refractivity contribution in [3.05, 3.63) is 89.1 Å². The zero-order valence-electron chi connectivity index (χ0n) is 13.0. The molecule has 4 rings (SSSR count). The summed E-state index contributed by atoms with van der Waals surface area (Å²) in [5, 5.41) is 3.52. The van der Waals surface area contributed by atoms with Gasteiger partial charge < -0.3 is 5.32 Å². The minimum Gasteiger partial charge on any atom is -0.358 e. The smallest absolute Gasteiger partial charge is 0.161 e. The Morgan fingerprint density at radius 2 is 1.57 bits per heavy atom. The van der Waals surface area contributed by atoms with Crippen LogP contribution >= 0.6 is 0 Å². The van der Waals surface area contributed by atoms with Gasteiger partial charge in [-0.3, -0.25) is 4.79 Å². The van der Waals surface area contributed by atoms with Gasteiger partial charge in [-0.1, -0.05) is 60.7 Å². The fraction of sp³-hybridized carbons (Fsp3) is 0.190. The van der Waals surface area contributed by atoms with E-state index in [-0.39, 0.29) is 11.7 Å². The van der Waals surface area contributed by atoms with Crippen LogP contribution in [0.5, 0.6) is 0 Å². The fourth-order valence-corrected chi connectivity index (χ4v) is 3.52. The molecule has 1 unspecified atom stereocenters. The van der Waals surface area contributed by atoms with Crippen molar-refractivity contribution >= 4 is 11.5 Å². The van der Waals surface area contributed by atoms with Crippen LogP contribution in [0.4, 0.5) is 0 Å². The molecule has 1 atom stereocenters. The average Bonchev–Trinajstić information content (AvgIpc) is 2.62. The van der Waals surface area contributed by atoms with E-state index in [9.17, 15) is 4.79 Å². The minimum absolute atomic E-state index is 0.0513. The van der Waals surface area contributed by atoms with Crippen LogP contribution in [0.2, 0.25) is 0 Å². The van der Waals surface area contributed by atoms with Crippen LogP contribution < -0.4 is 5.32 Å². The summed E-state index contributed by atoms with van der Waals surface area (Å²) in [6.07, 6.45) is 4.76. The highest BCUT2D eigenvalue weighted by Gasteiger charge is 2.31. The first-order chi connectivity index (χ1) is 11.3. The zero-order chi connectivity index (χ0) is 15.6. The largest absolute Gasteiger partial charge is 0.358 e. The summed E-state index contributed by atoms with van der Waals surface area (Å²) in [7, 11) is 0. The Kier molecular flexibility index (Phi) is 3.58. The quantitative estimate of drug-likeness (QED) is 0.889. The Morgan fingerprint density at radius 3 is 2.30 bits per heavy atom. The third kappa shape index (κ3) is 2.61. The molecule has 1 heterocycles. The summed E-state index contributed by atoms with van der Waals surface area (Å²) in [4.78, 5) is 12.5. The van der Waals surface area contributed by atoms with Crippen LogP contribution in [0.1, 0.15) is 36.3 Å². The van der Waals surface area contributed by atoms with E-state index in [0.29, 0.717) is 6.42 Å². The normalized spacial score (nSPS) is 20.6. The lowest BCUT2D eigenvalue weighted by Crippen LogP contribution is -2.28. The fourth-order valence-electron chi connectivity index (χ4n) is 3.52. The van der Waals surface area contributed by atoms with Crippen molar-refractivity contribution in [3.8, 4) is 0 Å². The summed E-state index contributed by atoms with van der Waals surface area (Å²) in [6.45, 7) is 0. The summed E-state index contributed by atoms with van der Waals surface area (Å²) >= 11 is 0. The highest BCUT2D eigenvalue weighted by atomic mass is 16.1. The Hall–Kier alpha value is -2.61. The number of benzene rings is 2. The highest BCUT2D eigenvalue weighted by molar-refractivity contribution is 6.00. The first-order valence-corrected chi connectivity index (χ1v) is 8.18. The van der Waals surface area contributed by atoms with Crippen molar-refractivity contribution in [2.75, 3.05) is 0 Å². The third-order valence-corrected chi connectivity index (χ3v) is 4.63. The van der Waals surface area contributed by atoms with Gasteiger partial charge in [-0.25, -0.2) is 0 Å². The van der Waals surface area contributed by atoms with Crippen LogP contribution in [-0.4, -0.2) is 5.78 Å². The van der Waals surface area contributed by atoms with Gasteiger partial charge in [-0.15, -0.1) is 0 Å². The molecule has 0 radical (unpaired) electrons. The molecule has 114 valence electrons. The van der Waals surface area contributed by atoms with E-state index in [2.05, 4.69) is 35.7 Å². The molecule has 0 spiro atoms. The van der Waals surface area contributed by atoms with Crippen molar-refractivity contribution in [1.82, 2.24) is 5.32 Å². The summed E-state index contributed by atoms with van der Waals surface area (Å²) in [6, 6.07) is 20.7. The van der Waals surface area contributed by atoms with Crippen molar-refractivity contribution < 1.29 is 4.79 Å². The van der Waals surface area contributed by atoms with Gasteiger partial charge in [-0.2, -0.15) is 0 Å². The van der Waals surface area contributed by atoms with E-state index in [1.54, 1.807) is 0 Å². The minimum atomic E-state index is 0.0513. The maximum atomic E-state index is 12.5. The van der Waals surface area contributed by atoms with Gasteiger partial charge >= 0.3 is 0 Å². The van der Waals surface area contributed by atoms with E-state index in [0.717, 1.165) is 35.4 Å². The maximum absolute atomic E-state index is 12.5. The molecule has 23 heavy (non-hydrogen) atoms. The van der Waals surface area contributed by atoms with Gasteiger partial charge in [-0.05, 0) is 30.0 Å². The molecule has 0 saturated carbocycles. The summed E-state index contributed by atoms with van der Waals surface area (Å²) in [5.74, 6) is 0.339. The Bertz CT molecular complexity index is 787. The molecule has 2 aromatic carbocycles. The molecule has 0 fully saturated rings. The first kappa shape index (κ1) is 14.0. The van der Waals surface area contributed by atoms with E-state index >= 15 is 0 Å². The maximum Gasteiger partial charge on any atom is 0.161 e. The molecule has 2 aromatic rings. The predicted molar refractivity (Wildman–Crippen MR) is 92.6 cm³/mol. The van der Waals surface area contributed by atoms with Gasteiger partial charge in [0.2, 0.25) is 0 Å². The number of nitrogens with one attached hydrogen (secondary N) is 1. The lowest BCUT2D eigenvalue weighted by atomic mass is 9.79. The number of carbonyl (C=O) groups is 1. The Morgan fingerprint density at radius 1 is 0.870 bits per heavy atom. The summed E-state index contributed by atoms with van der Waals surface area (Å²) < 4.78 is 0. The standard InChI is InChI=1S/C21H19NO/c23-20-13-7-12-18-21(20)17(15-8-3-1-4-9-15)14-19(22-18)16-10-5-2-6-11-16/h1-6,8-11,14,17,22H,7,12-13H2. The third-order valence-electron chi connectivity index (χ3n) is 4.63. The highest BCUT2D eigenvalue weighted by Crippen LogP contribution is 2.39. The molecule has 0 bridgehead atoms. The number of carbonyl (C=O) groups excluding carboxylic acids is 1. The number of allylic oxidation sites excluding steroid dienone is 3. The Labute approximate surface area is 136 Å². The molecule has 2 aliphatic rings. The average molecular weight is 301 g/mol. The second-order valence-electron chi connectivity index (χ2n) is 6.13. The van der Waals surface area contributed by atoms with Crippen LogP contribution in [0, 0.1) is 0 Å². The van der Waals surface area contributed by atoms with Crippen molar-refractivity contribution in [1.29, 1.82) is 0 Å². The molecule has 1 aliphatic carbocycles. The molecule has 0 saturated heterocycles. The molecule has 2 nitrogen and oxygen atoms in total. The van der Waals surface area contributed by atoms with E-state index in [4.69, 9.17) is 0 Å². The SMILES string of the molecule is O=C1CCCC2=C1C(c1ccccc1)C=C(c1ccccc1)N2. The van der Waals surface area contributed by atoms with E-state index in [1.807, 2.05) is 36.4 Å². The molecule has 0 amide bonds. The van der Waals surface area contributed by atoms with Gasteiger partial charge in [0.15, 0.2) is 5.78 Å². The van der Waals surface area contributed by atoms with Crippen LogP contribution in [-0.2, 0) is 4.79 Å². The lowest BCUT2D eigenvalue weighted by Gasteiger charge is -2.31. The van der Waals surface area contributed by atoms with Gasteiger partial charge in [0.05, 0.1) is 0 Å². The van der Waals surface area contributed by atoms with Crippen LogP contribution in [0.3, 0.4) is 0 Å². The monoisotopic (exact) mass is 301 g/mol. The van der Waals surface area contributed by atoms with Gasteiger partial charge in [0, 0.05) is 29.3 Å². The number of hydrogen-bond acceptors (Lipinski definition) is 2. The predicted octanol–water partition coefficient (Wildman–Crippen LogP) is 4.42. The number of hydrogen-bond donors (Lipinski definition) is 1. The number of ketones is 1. The number of Topliss-reactive ketones (excluding diaryl/α,β-unsaturated/α-hetero) is 1. The molecular weight excluding hydrogens is 282 g/mol. The van der Waals surface area contributed by atoms with Gasteiger partial charge in [0.1, 0.15) is 0 Å². The zero-order valence-corrected chi connectivity index (χ0v) is 13.0. The molecule has 2 heteroatoms. The first-order valence-electron chi connectivity index (χ1n) is 8.18. The molecule has 1 N–H and O–H groups in total. The second-order valence-corrected chi connectivity index (χ2v) is 6.13.